The van der Waals surface area contributed by atoms with Crippen LogP contribution in [0.2, 0.25) is 0 Å². The molecule has 0 aliphatic carbocycles. The molecule has 5 heterocycles. The molecule has 0 N–H and O–H groups in total. The Balaban J connectivity index is 0.000000204. The number of aromatic nitrogens is 3. The quantitative estimate of drug-likeness (QED) is 0.171. The molecule has 189 valence electrons. The van der Waals surface area contributed by atoms with Gasteiger partial charge in [-0.1, -0.05) is 29.1 Å². The summed E-state index contributed by atoms with van der Waals surface area (Å²) in [5.74, 6) is 0. The van der Waals surface area contributed by atoms with Gasteiger partial charge in [-0.2, -0.15) is 0 Å². The molecule has 2 aromatic carbocycles. The van der Waals surface area contributed by atoms with Gasteiger partial charge >= 0.3 is 0 Å². The van der Waals surface area contributed by atoms with Crippen molar-refractivity contribution >= 4 is 43.5 Å². The van der Waals surface area contributed by atoms with Crippen molar-refractivity contribution in [3.05, 3.63) is 113 Å². The average Bonchev–Trinajstić information content (AvgIpc) is 3.53. The van der Waals surface area contributed by atoms with E-state index in [1.807, 2.05) is 67.8 Å². The molecule has 6 heteroatoms. The number of rotatable bonds is 2. The van der Waals surface area contributed by atoms with E-state index in [9.17, 15) is 0 Å². The maximum absolute atomic E-state index is 7.55. The van der Waals surface area contributed by atoms with E-state index in [1.165, 1.54) is 17.2 Å². The van der Waals surface area contributed by atoms with E-state index in [-0.39, 0.29) is 25.8 Å². The van der Waals surface area contributed by atoms with Gasteiger partial charge < -0.3 is 14.4 Å². The number of benzene rings is 2. The van der Waals surface area contributed by atoms with Crippen LogP contribution in [0.1, 0.15) is 20.9 Å². The summed E-state index contributed by atoms with van der Waals surface area (Å²) in [6.07, 6.45) is 3.74. The largest absolute Gasteiger partial charge is 0.486 e. The summed E-state index contributed by atoms with van der Waals surface area (Å²) >= 11 is 1.68. The van der Waals surface area contributed by atoms with E-state index in [2.05, 4.69) is 45.5 Å². The summed E-state index contributed by atoms with van der Waals surface area (Å²) in [4.78, 5) is 13.1. The summed E-state index contributed by atoms with van der Waals surface area (Å²) in [5.41, 5.74) is 6.87. The SMILES string of the molecule is Cc1ccc(-c2[c-]cccc2)nc1.[2H]C([2H])([2H])c1ccc2c(n1)oc1c(-c3cc4scc(C)c4cn3)[c-]ccc12.[Ir]. The molecule has 38 heavy (non-hydrogen) atoms. The minimum absolute atomic E-state index is 0. The number of fused-ring (bicyclic) bond motifs is 4. The first-order chi connectivity index (χ1) is 19.3. The summed E-state index contributed by atoms with van der Waals surface area (Å²) in [6, 6.07) is 27.3. The smallest absolute Gasteiger partial charge is 0.216 e. The van der Waals surface area contributed by atoms with Crippen molar-refractivity contribution < 1.29 is 28.6 Å². The van der Waals surface area contributed by atoms with Gasteiger partial charge in [0.2, 0.25) is 5.71 Å². The van der Waals surface area contributed by atoms with Crippen LogP contribution in [0.3, 0.4) is 0 Å². The fourth-order valence-electron chi connectivity index (χ4n) is 4.17. The zero-order chi connectivity index (χ0) is 27.9. The molecule has 0 saturated heterocycles. The van der Waals surface area contributed by atoms with E-state index in [0.717, 1.165) is 43.4 Å². The third kappa shape index (κ3) is 5.03. The zero-order valence-corrected chi connectivity index (χ0v) is 23.8. The second kappa shape index (κ2) is 11.0. The molecule has 5 aromatic heterocycles. The van der Waals surface area contributed by atoms with Crippen molar-refractivity contribution in [2.75, 3.05) is 0 Å². The third-order valence-electron chi connectivity index (χ3n) is 6.10. The molecule has 0 saturated carbocycles. The van der Waals surface area contributed by atoms with Gasteiger partial charge in [-0.25, -0.2) is 4.98 Å². The van der Waals surface area contributed by atoms with Gasteiger partial charge in [0.15, 0.2) is 0 Å². The van der Waals surface area contributed by atoms with E-state index < -0.39 is 6.85 Å². The van der Waals surface area contributed by atoms with Gasteiger partial charge in [0.05, 0.1) is 5.58 Å². The molecule has 0 aliphatic rings. The van der Waals surface area contributed by atoms with Crippen LogP contribution in [0.25, 0.3) is 54.7 Å². The van der Waals surface area contributed by atoms with Crippen molar-refractivity contribution in [2.24, 2.45) is 0 Å². The molecule has 1 radical (unpaired) electrons. The first-order valence-corrected chi connectivity index (χ1v) is 12.6. The third-order valence-corrected chi connectivity index (χ3v) is 7.17. The van der Waals surface area contributed by atoms with Gasteiger partial charge in [0.25, 0.3) is 0 Å². The average molecular weight is 693 g/mol. The number of hydrogen-bond donors (Lipinski definition) is 0. The molecule has 0 amide bonds. The fourth-order valence-corrected chi connectivity index (χ4v) is 5.13. The van der Waals surface area contributed by atoms with Gasteiger partial charge in [-0.3, -0.25) is 0 Å². The number of thiophene rings is 1. The molecular weight excluding hydrogens is 667 g/mol. The molecule has 7 rings (SSSR count). The summed E-state index contributed by atoms with van der Waals surface area (Å²) in [6.45, 7) is 1.83. The van der Waals surface area contributed by atoms with Gasteiger partial charge in [-0.05, 0) is 60.7 Å². The van der Waals surface area contributed by atoms with Gasteiger partial charge in [-0.15, -0.1) is 65.4 Å². The number of pyridine rings is 3. The summed E-state index contributed by atoms with van der Waals surface area (Å²) in [7, 11) is 0. The maximum atomic E-state index is 7.55. The van der Waals surface area contributed by atoms with Crippen LogP contribution in [0.5, 0.6) is 0 Å². The molecule has 0 unspecified atom stereocenters. The normalized spacial score (nSPS) is 12.3. The molecule has 4 nitrogen and oxygen atoms in total. The van der Waals surface area contributed by atoms with Crippen LogP contribution >= 0.6 is 11.3 Å². The van der Waals surface area contributed by atoms with Crippen LogP contribution in [0, 0.1) is 32.8 Å². The van der Waals surface area contributed by atoms with Crippen LogP contribution in [-0.4, -0.2) is 15.0 Å². The second-order valence-electron chi connectivity index (χ2n) is 8.73. The van der Waals surface area contributed by atoms with Crippen molar-refractivity contribution in [2.45, 2.75) is 20.7 Å². The second-order valence-corrected chi connectivity index (χ2v) is 9.64. The Labute approximate surface area is 243 Å². The standard InChI is InChI=1S/C20H13N2OS.C12H10N.Ir/c1-11-10-24-18-8-17(21-9-16(11)18)15-5-3-4-13-14-7-6-12(2)22-20(14)23-19(13)15;1-10-7-8-12(13-9-10)11-5-3-2-4-6-11;/h3-4,6-10H,1-2H3;2-5,7-9H,1H3;/q2*-1;/i2D3;;. The first-order valence-electron chi connectivity index (χ1n) is 13.3. The minimum atomic E-state index is -2.27. The van der Waals surface area contributed by atoms with E-state index in [1.54, 1.807) is 17.4 Å². The summed E-state index contributed by atoms with van der Waals surface area (Å²) in [5, 5.41) is 4.90. The van der Waals surface area contributed by atoms with Crippen LogP contribution in [0.4, 0.5) is 0 Å². The van der Waals surface area contributed by atoms with Gasteiger partial charge in [0, 0.05) is 57.8 Å². The van der Waals surface area contributed by atoms with Crippen molar-refractivity contribution in [1.82, 2.24) is 15.0 Å². The molecule has 0 spiro atoms. The molecule has 0 bridgehead atoms. The Morgan fingerprint density at radius 2 is 1.76 bits per heavy atom. The molecular formula is C32H23IrN3OS-2. The van der Waals surface area contributed by atoms with E-state index in [0.29, 0.717) is 11.3 Å². The van der Waals surface area contributed by atoms with Crippen LogP contribution < -0.4 is 0 Å². The van der Waals surface area contributed by atoms with Crippen molar-refractivity contribution in [3.63, 3.8) is 0 Å². The summed E-state index contributed by atoms with van der Waals surface area (Å²) < 4.78 is 29.8. The first kappa shape index (κ1) is 22.3. The van der Waals surface area contributed by atoms with E-state index in [4.69, 9.17) is 8.53 Å². The Kier molecular flexibility index (Phi) is 6.43. The molecule has 0 fully saturated rings. The molecule has 0 aliphatic heterocycles. The topological polar surface area (TPSA) is 51.8 Å². The minimum Gasteiger partial charge on any atom is -0.486 e. The zero-order valence-electron chi connectivity index (χ0n) is 23.6. The van der Waals surface area contributed by atoms with Crippen LogP contribution in [-0.2, 0) is 20.1 Å². The molecule has 7 aromatic rings. The molecule has 0 atom stereocenters. The number of aryl methyl sites for hydroxylation is 3. The number of furan rings is 1. The predicted molar refractivity (Wildman–Crippen MR) is 152 cm³/mol. The Hall–Kier alpha value is -3.70. The van der Waals surface area contributed by atoms with Crippen molar-refractivity contribution in [1.29, 1.82) is 0 Å². The number of hydrogen-bond acceptors (Lipinski definition) is 5. The maximum Gasteiger partial charge on any atom is 0.216 e. The number of nitrogens with zero attached hydrogens (tertiary/aromatic N) is 3. The van der Waals surface area contributed by atoms with E-state index >= 15 is 0 Å². The monoisotopic (exact) mass is 693 g/mol. The Bertz CT molecular complexity index is 1970. The Morgan fingerprint density at radius 1 is 0.868 bits per heavy atom. The van der Waals surface area contributed by atoms with Crippen LogP contribution in [0.15, 0.2) is 88.9 Å². The predicted octanol–water partition coefficient (Wildman–Crippen LogP) is 8.53. The Morgan fingerprint density at radius 3 is 2.55 bits per heavy atom. The van der Waals surface area contributed by atoms with Gasteiger partial charge in [0.1, 0.15) is 0 Å². The fraction of sp³-hybridized carbons (Fsp3) is 0.0938. The van der Waals surface area contributed by atoms with Crippen molar-refractivity contribution in [3.8, 4) is 22.5 Å².